The minimum Gasteiger partial charge on any atom is -0.493 e. The van der Waals surface area contributed by atoms with Gasteiger partial charge in [0, 0.05) is 6.07 Å². The third-order valence-corrected chi connectivity index (χ3v) is 4.59. The van der Waals surface area contributed by atoms with Crippen LogP contribution >= 0.6 is 0 Å². The maximum Gasteiger partial charge on any atom is 0.321 e. The van der Waals surface area contributed by atoms with Gasteiger partial charge in [0.15, 0.2) is 11.5 Å². The molecule has 118 valence electrons. The second-order valence-electron chi connectivity index (χ2n) is 4.39. The van der Waals surface area contributed by atoms with Gasteiger partial charge in [-0.25, -0.2) is 8.42 Å². The predicted molar refractivity (Wildman–Crippen MR) is 76.3 cm³/mol. The number of methoxy groups -OCH3 is 2. The molecule has 8 heteroatoms. The van der Waals surface area contributed by atoms with E-state index in [1.165, 1.54) is 26.4 Å². The highest BCUT2D eigenvalue weighted by atomic mass is 32.2. The van der Waals surface area contributed by atoms with Crippen molar-refractivity contribution < 1.29 is 27.8 Å². The topological polar surface area (TPSA) is 102 Å². The minimum atomic E-state index is -3.97. The number of hydrogen-bond donors (Lipinski definition) is 2. The first kappa shape index (κ1) is 17.3. The molecule has 0 saturated heterocycles. The maximum absolute atomic E-state index is 12.3. The lowest BCUT2D eigenvalue weighted by molar-refractivity contribution is -0.139. The van der Waals surface area contributed by atoms with Crippen LogP contribution in [0.4, 0.5) is 0 Å². The number of carbonyl (C=O) groups is 1. The summed E-state index contributed by atoms with van der Waals surface area (Å²) in [6, 6.07) is 1.66. The summed E-state index contributed by atoms with van der Waals surface area (Å²) in [6.45, 7) is 3.18. The van der Waals surface area contributed by atoms with Gasteiger partial charge in [0.05, 0.1) is 19.1 Å². The molecule has 0 unspecified atom stereocenters. The molecule has 0 aliphatic rings. The fourth-order valence-corrected chi connectivity index (χ4v) is 3.32. The van der Waals surface area contributed by atoms with E-state index in [0.29, 0.717) is 11.3 Å². The van der Waals surface area contributed by atoms with Crippen molar-refractivity contribution in [3.8, 4) is 11.5 Å². The smallest absolute Gasteiger partial charge is 0.321 e. The molecule has 0 bridgehead atoms. The number of carboxylic acids is 1. The lowest BCUT2D eigenvalue weighted by Gasteiger charge is -2.16. The quantitative estimate of drug-likeness (QED) is 0.782. The highest BCUT2D eigenvalue weighted by Gasteiger charge is 2.26. The number of sulfonamides is 1. The van der Waals surface area contributed by atoms with Crippen molar-refractivity contribution in [1.82, 2.24) is 4.72 Å². The van der Waals surface area contributed by atoms with Gasteiger partial charge in [-0.2, -0.15) is 4.72 Å². The molecular formula is C13H19NO6S. The number of aryl methyl sites for hydroxylation is 1. The third kappa shape index (κ3) is 3.85. The Hall–Kier alpha value is -1.80. The Balaban J connectivity index is 3.28. The van der Waals surface area contributed by atoms with E-state index in [-0.39, 0.29) is 17.1 Å². The Morgan fingerprint density at radius 3 is 2.24 bits per heavy atom. The van der Waals surface area contributed by atoms with E-state index in [9.17, 15) is 13.2 Å². The molecule has 0 aliphatic heterocycles. The van der Waals surface area contributed by atoms with E-state index < -0.39 is 22.0 Å². The number of ether oxygens (including phenoxy) is 2. The minimum absolute atomic E-state index is 0.0418. The summed E-state index contributed by atoms with van der Waals surface area (Å²) in [4.78, 5) is 10.9. The average Bonchev–Trinajstić information content (AvgIpc) is 2.43. The summed E-state index contributed by atoms with van der Waals surface area (Å²) in [5, 5.41) is 8.96. The highest BCUT2D eigenvalue weighted by molar-refractivity contribution is 7.89. The van der Waals surface area contributed by atoms with Gasteiger partial charge in [-0.05, 0) is 25.0 Å². The first-order valence-electron chi connectivity index (χ1n) is 6.24. The van der Waals surface area contributed by atoms with Gasteiger partial charge in [-0.3, -0.25) is 4.79 Å². The first-order chi connectivity index (χ1) is 9.76. The molecule has 0 amide bonds. The molecule has 1 rings (SSSR count). The lowest BCUT2D eigenvalue weighted by Crippen LogP contribution is -2.40. The van der Waals surface area contributed by atoms with Crippen LogP contribution in [0.25, 0.3) is 0 Å². The van der Waals surface area contributed by atoms with Crippen LogP contribution < -0.4 is 14.2 Å². The number of nitrogens with one attached hydrogen (secondary N) is 1. The van der Waals surface area contributed by atoms with E-state index in [1.807, 2.05) is 0 Å². The van der Waals surface area contributed by atoms with Crippen LogP contribution in [-0.2, 0) is 14.8 Å². The number of hydrogen-bond acceptors (Lipinski definition) is 5. The maximum atomic E-state index is 12.3. The van der Waals surface area contributed by atoms with Crippen LogP contribution in [0.5, 0.6) is 11.5 Å². The second-order valence-corrected chi connectivity index (χ2v) is 6.08. The van der Waals surface area contributed by atoms with Crippen molar-refractivity contribution in [2.75, 3.05) is 14.2 Å². The van der Waals surface area contributed by atoms with E-state index in [4.69, 9.17) is 14.6 Å². The van der Waals surface area contributed by atoms with Gasteiger partial charge in [0.25, 0.3) is 0 Å². The molecule has 0 radical (unpaired) electrons. The third-order valence-electron chi connectivity index (χ3n) is 2.97. The van der Waals surface area contributed by atoms with Gasteiger partial charge >= 0.3 is 5.97 Å². The zero-order valence-corrected chi connectivity index (χ0v) is 13.2. The Morgan fingerprint density at radius 2 is 1.81 bits per heavy atom. The van der Waals surface area contributed by atoms with E-state index in [1.54, 1.807) is 13.8 Å². The van der Waals surface area contributed by atoms with Crippen molar-refractivity contribution >= 4 is 16.0 Å². The summed E-state index contributed by atoms with van der Waals surface area (Å²) in [7, 11) is -1.13. The standard InChI is InChI=1S/C13H19NO6S/c1-5-9(13(15)16)14-21(17,18)12-7-11(20-4)10(19-3)6-8(12)2/h6-7,9,14H,5H2,1-4H3,(H,15,16)/t9-/m0/s1. The Labute approximate surface area is 123 Å². The Kier molecular flexibility index (Phi) is 5.56. The van der Waals surface area contributed by atoms with Crippen LogP contribution in [0.1, 0.15) is 18.9 Å². The van der Waals surface area contributed by atoms with E-state index >= 15 is 0 Å². The van der Waals surface area contributed by atoms with Gasteiger partial charge in [-0.1, -0.05) is 6.92 Å². The van der Waals surface area contributed by atoms with Crippen molar-refractivity contribution in [1.29, 1.82) is 0 Å². The molecule has 0 saturated carbocycles. The Bertz CT molecular complexity index is 626. The molecule has 0 aromatic heterocycles. The zero-order valence-electron chi connectivity index (χ0n) is 12.3. The van der Waals surface area contributed by atoms with E-state index in [0.717, 1.165) is 0 Å². The van der Waals surface area contributed by atoms with Crippen molar-refractivity contribution in [2.45, 2.75) is 31.2 Å². The number of benzene rings is 1. The second kappa shape index (κ2) is 6.77. The fraction of sp³-hybridized carbons (Fsp3) is 0.462. The largest absolute Gasteiger partial charge is 0.493 e. The van der Waals surface area contributed by atoms with E-state index in [2.05, 4.69) is 4.72 Å². The summed E-state index contributed by atoms with van der Waals surface area (Å²) in [5.74, 6) is -0.565. The van der Waals surface area contributed by atoms with Crippen molar-refractivity contribution in [2.24, 2.45) is 0 Å². The van der Waals surface area contributed by atoms with Crippen LogP contribution in [0.15, 0.2) is 17.0 Å². The number of aliphatic carboxylic acids is 1. The van der Waals surface area contributed by atoms with Gasteiger partial charge < -0.3 is 14.6 Å². The lowest BCUT2D eigenvalue weighted by atomic mass is 10.2. The van der Waals surface area contributed by atoms with Crippen molar-refractivity contribution in [3.05, 3.63) is 17.7 Å². The van der Waals surface area contributed by atoms with Gasteiger partial charge in [0.2, 0.25) is 10.0 Å². The summed E-state index contributed by atoms with van der Waals surface area (Å²) < 4.78 is 37.0. The molecule has 1 atom stereocenters. The monoisotopic (exact) mass is 317 g/mol. The molecule has 0 fully saturated rings. The van der Waals surface area contributed by atoms with Crippen LogP contribution in [0.3, 0.4) is 0 Å². The molecule has 0 heterocycles. The molecule has 1 aromatic carbocycles. The van der Waals surface area contributed by atoms with Crippen LogP contribution in [0.2, 0.25) is 0 Å². The molecule has 0 aliphatic carbocycles. The molecule has 21 heavy (non-hydrogen) atoms. The summed E-state index contributed by atoms with van der Waals surface area (Å²) in [6.07, 6.45) is 0.140. The number of rotatable bonds is 7. The van der Waals surface area contributed by atoms with Crippen LogP contribution in [0, 0.1) is 6.92 Å². The SMILES string of the molecule is CC[C@H](NS(=O)(=O)c1cc(OC)c(OC)cc1C)C(=O)O. The molecule has 0 spiro atoms. The summed E-state index contributed by atoms with van der Waals surface area (Å²) >= 11 is 0. The average molecular weight is 317 g/mol. The molecular weight excluding hydrogens is 298 g/mol. The predicted octanol–water partition coefficient (Wildman–Crippen LogP) is 1.15. The normalized spacial score (nSPS) is 12.8. The number of carboxylic acid groups (broad SMARTS) is 1. The fourth-order valence-electron chi connectivity index (χ4n) is 1.81. The zero-order chi connectivity index (χ0) is 16.2. The van der Waals surface area contributed by atoms with Crippen LogP contribution in [-0.4, -0.2) is 39.8 Å². The van der Waals surface area contributed by atoms with Gasteiger partial charge in [-0.15, -0.1) is 0 Å². The first-order valence-corrected chi connectivity index (χ1v) is 7.72. The van der Waals surface area contributed by atoms with Crippen molar-refractivity contribution in [3.63, 3.8) is 0 Å². The molecule has 7 nitrogen and oxygen atoms in total. The summed E-state index contributed by atoms with van der Waals surface area (Å²) in [5.41, 5.74) is 0.431. The Morgan fingerprint density at radius 1 is 1.29 bits per heavy atom. The van der Waals surface area contributed by atoms with Gasteiger partial charge in [0.1, 0.15) is 6.04 Å². The molecule has 2 N–H and O–H groups in total. The molecule has 1 aromatic rings. The highest BCUT2D eigenvalue weighted by Crippen LogP contribution is 2.32.